The molecule has 1 fully saturated rings. The minimum atomic E-state index is -0.252. The predicted molar refractivity (Wildman–Crippen MR) is 204 cm³/mol. The summed E-state index contributed by atoms with van der Waals surface area (Å²) in [5.41, 5.74) is 17.3. The predicted octanol–water partition coefficient (Wildman–Crippen LogP) is 9.03. The van der Waals surface area contributed by atoms with Crippen molar-refractivity contribution < 1.29 is 9.18 Å². The van der Waals surface area contributed by atoms with Crippen LogP contribution in [0, 0.1) is 5.82 Å². The van der Waals surface area contributed by atoms with Crippen LogP contribution >= 0.6 is 62.3 Å². The SMILES string of the molecule is NCCCc1c(-c2ccc(Cl)cc2Cl)ncn1Cc1cc(Br)ccc1F.NCc1c(-c2ccc(Cl)cc2Cl)ncn1CCCN1CCCC1=O. The average molecular weight is 824 g/mol. The van der Waals surface area contributed by atoms with Crippen molar-refractivity contribution >= 4 is 68.2 Å². The van der Waals surface area contributed by atoms with E-state index in [4.69, 9.17) is 57.9 Å². The molecule has 264 valence electrons. The van der Waals surface area contributed by atoms with Crippen molar-refractivity contribution in [1.29, 1.82) is 0 Å². The summed E-state index contributed by atoms with van der Waals surface area (Å²) in [6.45, 7) is 3.73. The van der Waals surface area contributed by atoms with Crippen LogP contribution < -0.4 is 11.5 Å². The molecule has 8 nitrogen and oxygen atoms in total. The summed E-state index contributed by atoms with van der Waals surface area (Å²) >= 11 is 28.0. The molecule has 0 unspecified atom stereocenters. The zero-order chi connectivity index (χ0) is 35.8. The van der Waals surface area contributed by atoms with Crippen molar-refractivity contribution in [2.45, 2.75) is 51.7 Å². The van der Waals surface area contributed by atoms with E-state index in [0.29, 0.717) is 51.7 Å². The van der Waals surface area contributed by atoms with Gasteiger partial charge in [-0.1, -0.05) is 62.3 Å². The Bertz CT molecular complexity index is 1950. The Morgan fingerprint density at radius 3 is 2.02 bits per heavy atom. The molecule has 0 bridgehead atoms. The van der Waals surface area contributed by atoms with Gasteiger partial charge in [-0.05, 0) is 86.8 Å². The number of rotatable bonds is 12. The van der Waals surface area contributed by atoms with E-state index < -0.39 is 0 Å². The standard InChI is InChI=1S/C19H17BrCl2FN3.C17H20Cl2N4O/c20-13-3-6-17(23)12(8-13)10-26-11-25-19(18(26)2-1-7-24)15-5-4-14(21)9-16(15)22;18-12-4-5-13(14(19)9-12)17-15(10-20)23(11-21-17)8-2-7-22-6-1-3-16(22)24/h3-6,8-9,11H,1-2,7,10,24H2;4-5,9,11H,1-3,6-8,10,20H2. The van der Waals surface area contributed by atoms with E-state index in [1.807, 2.05) is 26.2 Å². The number of amides is 1. The van der Waals surface area contributed by atoms with Crippen LogP contribution in [0.25, 0.3) is 22.5 Å². The lowest BCUT2D eigenvalue weighted by Crippen LogP contribution is -2.26. The Kier molecular flexibility index (Phi) is 13.8. The molecule has 3 heterocycles. The largest absolute Gasteiger partial charge is 0.343 e. The normalized spacial score (nSPS) is 12.8. The van der Waals surface area contributed by atoms with Crippen molar-refractivity contribution in [2.75, 3.05) is 19.6 Å². The van der Waals surface area contributed by atoms with Gasteiger partial charge in [-0.25, -0.2) is 14.4 Å². The van der Waals surface area contributed by atoms with Gasteiger partial charge in [0.1, 0.15) is 5.82 Å². The van der Waals surface area contributed by atoms with Gasteiger partial charge in [-0.2, -0.15) is 0 Å². The van der Waals surface area contributed by atoms with E-state index in [0.717, 1.165) is 83.7 Å². The Hall–Kier alpha value is -2.96. The molecule has 1 amide bonds. The van der Waals surface area contributed by atoms with Gasteiger partial charge in [0.2, 0.25) is 5.91 Å². The van der Waals surface area contributed by atoms with E-state index in [1.165, 1.54) is 6.07 Å². The molecule has 4 N–H and O–H groups in total. The summed E-state index contributed by atoms with van der Waals surface area (Å²) in [5.74, 6) is 0.00562. The summed E-state index contributed by atoms with van der Waals surface area (Å²) in [7, 11) is 0. The minimum absolute atomic E-state index is 0.252. The zero-order valence-corrected chi connectivity index (χ0v) is 31.8. The molecule has 0 atom stereocenters. The number of aryl methyl sites for hydroxylation is 1. The molecule has 6 rings (SSSR count). The Morgan fingerprint density at radius 2 is 1.44 bits per heavy atom. The molecule has 1 aliphatic heterocycles. The van der Waals surface area contributed by atoms with E-state index in [1.54, 1.807) is 49.1 Å². The Labute approximate surface area is 319 Å². The molecular formula is C36H37BrCl4FN7O. The quantitative estimate of drug-likeness (QED) is 0.131. The maximum Gasteiger partial charge on any atom is 0.222 e. The van der Waals surface area contributed by atoms with Crippen molar-refractivity contribution in [1.82, 2.24) is 24.0 Å². The first-order valence-electron chi connectivity index (χ1n) is 16.2. The van der Waals surface area contributed by atoms with Crippen LogP contribution in [0.2, 0.25) is 20.1 Å². The van der Waals surface area contributed by atoms with E-state index in [-0.39, 0.29) is 11.7 Å². The number of benzene rings is 3. The number of nitrogens with two attached hydrogens (primary N) is 2. The number of carbonyl (C=O) groups excluding carboxylic acids is 1. The monoisotopic (exact) mass is 821 g/mol. The minimum Gasteiger partial charge on any atom is -0.343 e. The van der Waals surface area contributed by atoms with Gasteiger partial charge in [0, 0.05) is 69.5 Å². The summed E-state index contributed by atoms with van der Waals surface area (Å²) in [6.07, 6.45) is 7.55. The van der Waals surface area contributed by atoms with E-state index in [9.17, 15) is 9.18 Å². The van der Waals surface area contributed by atoms with Crippen LogP contribution in [0.15, 0.2) is 71.7 Å². The fourth-order valence-electron chi connectivity index (χ4n) is 5.92. The van der Waals surface area contributed by atoms with Gasteiger partial charge in [-0.3, -0.25) is 4.79 Å². The molecule has 1 aliphatic rings. The average Bonchev–Trinajstić information content (AvgIpc) is 3.80. The van der Waals surface area contributed by atoms with Crippen LogP contribution in [-0.4, -0.2) is 49.5 Å². The number of halogens is 6. The highest BCUT2D eigenvalue weighted by atomic mass is 79.9. The Morgan fingerprint density at radius 1 is 0.800 bits per heavy atom. The summed E-state index contributed by atoms with van der Waals surface area (Å²) < 4.78 is 19.0. The number of hydrogen-bond acceptors (Lipinski definition) is 5. The van der Waals surface area contributed by atoms with Crippen LogP contribution in [0.3, 0.4) is 0 Å². The number of nitrogens with zero attached hydrogens (tertiary/aromatic N) is 5. The highest BCUT2D eigenvalue weighted by Gasteiger charge is 2.20. The maximum atomic E-state index is 14.2. The molecule has 2 aromatic heterocycles. The molecule has 0 aliphatic carbocycles. The van der Waals surface area contributed by atoms with E-state index >= 15 is 0 Å². The molecule has 5 aromatic rings. The second-order valence-corrected chi connectivity index (χ2v) is 14.4. The van der Waals surface area contributed by atoms with Crippen molar-refractivity contribution in [3.8, 4) is 22.5 Å². The Balaban J connectivity index is 0.000000195. The van der Waals surface area contributed by atoms with Gasteiger partial charge in [0.15, 0.2) is 0 Å². The number of hydrogen-bond donors (Lipinski definition) is 2. The number of likely N-dealkylation sites (tertiary alicyclic amines) is 1. The van der Waals surface area contributed by atoms with Crippen LogP contribution in [0.5, 0.6) is 0 Å². The molecule has 3 aromatic carbocycles. The number of carbonyl (C=O) groups is 1. The molecule has 14 heteroatoms. The van der Waals surface area contributed by atoms with Crippen LogP contribution in [0.4, 0.5) is 4.39 Å². The summed E-state index contributed by atoms with van der Waals surface area (Å²) in [4.78, 5) is 22.6. The number of aromatic nitrogens is 4. The van der Waals surface area contributed by atoms with E-state index in [2.05, 4.69) is 25.9 Å². The molecular weight excluding hydrogens is 787 g/mol. The van der Waals surface area contributed by atoms with Crippen LogP contribution in [0.1, 0.15) is 42.6 Å². The fourth-order valence-corrected chi connectivity index (χ4v) is 7.33. The first kappa shape index (κ1) is 38.3. The third-order valence-electron chi connectivity index (χ3n) is 8.42. The third kappa shape index (κ3) is 9.47. The lowest BCUT2D eigenvalue weighted by Gasteiger charge is -2.16. The lowest BCUT2D eigenvalue weighted by atomic mass is 10.1. The molecule has 0 spiro atoms. The topological polar surface area (TPSA) is 108 Å². The summed E-state index contributed by atoms with van der Waals surface area (Å²) in [6, 6.07) is 15.6. The highest BCUT2D eigenvalue weighted by molar-refractivity contribution is 9.10. The first-order valence-corrected chi connectivity index (χ1v) is 18.5. The van der Waals surface area contributed by atoms with Gasteiger partial charge in [-0.15, -0.1) is 0 Å². The number of imidazole rings is 2. The molecule has 50 heavy (non-hydrogen) atoms. The smallest absolute Gasteiger partial charge is 0.222 e. The highest BCUT2D eigenvalue weighted by Crippen LogP contribution is 2.33. The first-order chi connectivity index (χ1) is 24.1. The van der Waals surface area contributed by atoms with Gasteiger partial charge in [0.05, 0.1) is 46.3 Å². The molecule has 1 saturated heterocycles. The van der Waals surface area contributed by atoms with Crippen LogP contribution in [-0.2, 0) is 30.8 Å². The van der Waals surface area contributed by atoms with Gasteiger partial charge < -0.3 is 25.5 Å². The van der Waals surface area contributed by atoms with Gasteiger partial charge >= 0.3 is 0 Å². The van der Waals surface area contributed by atoms with Crippen molar-refractivity contribution in [3.63, 3.8) is 0 Å². The zero-order valence-electron chi connectivity index (χ0n) is 27.2. The third-order valence-corrected chi connectivity index (χ3v) is 10.0. The second-order valence-electron chi connectivity index (χ2n) is 11.8. The fraction of sp³-hybridized carbons (Fsp3) is 0.306. The van der Waals surface area contributed by atoms with Crippen molar-refractivity contribution in [2.24, 2.45) is 11.5 Å². The molecule has 0 saturated carbocycles. The van der Waals surface area contributed by atoms with Gasteiger partial charge in [0.25, 0.3) is 0 Å². The lowest BCUT2D eigenvalue weighted by molar-refractivity contribution is -0.127. The molecule has 0 radical (unpaired) electrons. The summed E-state index contributed by atoms with van der Waals surface area (Å²) in [5, 5.41) is 2.25. The van der Waals surface area contributed by atoms with Crippen molar-refractivity contribution in [3.05, 3.63) is 115 Å². The second kappa shape index (κ2) is 18.0. The maximum absolute atomic E-state index is 14.2.